The van der Waals surface area contributed by atoms with Crippen molar-refractivity contribution in [2.45, 2.75) is 89.0 Å². The molecule has 9 heteroatoms. The molecule has 1 aromatic carbocycles. The Hall–Kier alpha value is -2.97. The molecular formula is C25H28F2N2O5. The van der Waals surface area contributed by atoms with E-state index in [9.17, 15) is 18.4 Å². The van der Waals surface area contributed by atoms with Crippen molar-refractivity contribution in [1.82, 2.24) is 10.1 Å². The van der Waals surface area contributed by atoms with Crippen molar-refractivity contribution in [2.75, 3.05) is 0 Å². The smallest absolute Gasteiger partial charge is 0.410 e. The number of hydrogen-bond donors (Lipinski definition) is 0. The Balaban J connectivity index is 1.36. The van der Waals surface area contributed by atoms with Gasteiger partial charge in [-0.25, -0.2) is 18.4 Å². The van der Waals surface area contributed by atoms with Gasteiger partial charge in [-0.05, 0) is 58.6 Å². The average molecular weight is 475 g/mol. The molecule has 3 aliphatic rings. The molecule has 0 unspecified atom stereocenters. The summed E-state index contributed by atoms with van der Waals surface area (Å²) in [5.74, 6) is -2.04. The van der Waals surface area contributed by atoms with Crippen LogP contribution < -0.4 is 0 Å². The first-order valence-electron chi connectivity index (χ1n) is 11.8. The zero-order valence-electron chi connectivity index (χ0n) is 19.5. The maximum atomic E-state index is 14.5. The van der Waals surface area contributed by atoms with Gasteiger partial charge in [-0.1, -0.05) is 11.2 Å². The van der Waals surface area contributed by atoms with Gasteiger partial charge >= 0.3 is 12.1 Å². The molecule has 3 atom stereocenters. The standard InChI is InChI=1S/C25H28F2N2O5/c1-25(2,3)33-24(31)29-14-9-10-15(29)12-16(11-14)32-23(30)20-21(28-34-22(20)13-7-8-13)19-17(26)5-4-6-18(19)27/h4-6,13-16H,7-12H2,1-3H3/t14-,15+,16+. The van der Waals surface area contributed by atoms with Crippen LogP contribution in [0.3, 0.4) is 0 Å². The number of halogens is 2. The van der Waals surface area contributed by atoms with Crippen LogP contribution in [0.2, 0.25) is 0 Å². The zero-order chi connectivity index (χ0) is 24.2. The SMILES string of the molecule is CC(C)(C)OC(=O)N1[C@@H]2CC[C@H]1C[C@@H](OC(=O)c1c(-c3c(F)cccc3F)noc1C1CC1)C2. The lowest BCUT2D eigenvalue weighted by atomic mass is 9.99. The number of aromatic nitrogens is 1. The largest absolute Gasteiger partial charge is 0.458 e. The van der Waals surface area contributed by atoms with Gasteiger partial charge in [0.25, 0.3) is 0 Å². The average Bonchev–Trinajstić information content (AvgIpc) is 3.43. The van der Waals surface area contributed by atoms with E-state index >= 15 is 0 Å². The minimum absolute atomic E-state index is 0.00609. The van der Waals surface area contributed by atoms with Crippen molar-refractivity contribution in [3.8, 4) is 11.3 Å². The van der Waals surface area contributed by atoms with Crippen molar-refractivity contribution < 1.29 is 32.4 Å². The normalized spacial score (nSPS) is 24.3. The van der Waals surface area contributed by atoms with Crippen molar-refractivity contribution in [3.63, 3.8) is 0 Å². The fraction of sp³-hybridized carbons (Fsp3) is 0.560. The number of piperidine rings is 1. The van der Waals surface area contributed by atoms with E-state index in [0.717, 1.165) is 37.8 Å². The van der Waals surface area contributed by atoms with Gasteiger partial charge in [0, 0.05) is 30.8 Å². The Labute approximate surface area is 196 Å². The molecule has 0 N–H and O–H groups in total. The lowest BCUT2D eigenvalue weighted by molar-refractivity contribution is -0.0226. The third-order valence-electron chi connectivity index (χ3n) is 6.64. The maximum Gasteiger partial charge on any atom is 0.410 e. The Bertz CT molecular complexity index is 1090. The van der Waals surface area contributed by atoms with E-state index in [1.54, 1.807) is 4.90 Å². The number of hydrogen-bond acceptors (Lipinski definition) is 6. The molecular weight excluding hydrogens is 446 g/mol. The molecule has 182 valence electrons. The summed E-state index contributed by atoms with van der Waals surface area (Å²) in [4.78, 5) is 27.8. The van der Waals surface area contributed by atoms with Crippen molar-refractivity contribution in [1.29, 1.82) is 0 Å². The molecule has 7 nitrogen and oxygen atoms in total. The van der Waals surface area contributed by atoms with Gasteiger partial charge in [-0.15, -0.1) is 0 Å². The fourth-order valence-electron chi connectivity index (χ4n) is 5.07. The van der Waals surface area contributed by atoms with Crippen molar-refractivity contribution in [2.24, 2.45) is 0 Å². The number of nitrogens with zero attached hydrogens (tertiary/aromatic N) is 2. The summed E-state index contributed by atoms with van der Waals surface area (Å²) in [7, 11) is 0. The van der Waals surface area contributed by atoms with Crippen LogP contribution in [-0.2, 0) is 9.47 Å². The van der Waals surface area contributed by atoms with Gasteiger partial charge in [0.15, 0.2) is 5.76 Å². The second-order valence-electron chi connectivity index (χ2n) is 10.4. The summed E-state index contributed by atoms with van der Waals surface area (Å²) in [5.41, 5.74) is -1.17. The number of amides is 1. The summed E-state index contributed by atoms with van der Waals surface area (Å²) in [6, 6.07) is 3.31. The van der Waals surface area contributed by atoms with E-state index < -0.39 is 34.9 Å². The van der Waals surface area contributed by atoms with Crippen LogP contribution in [0, 0.1) is 11.6 Å². The highest BCUT2D eigenvalue weighted by Crippen LogP contribution is 2.45. The summed E-state index contributed by atoms with van der Waals surface area (Å²) in [6.45, 7) is 5.48. The molecule has 2 bridgehead atoms. The predicted octanol–water partition coefficient (Wildman–Crippen LogP) is 5.58. The van der Waals surface area contributed by atoms with Crippen LogP contribution in [0.25, 0.3) is 11.3 Å². The van der Waals surface area contributed by atoms with Crippen molar-refractivity contribution >= 4 is 12.1 Å². The molecule has 1 saturated carbocycles. The highest BCUT2D eigenvalue weighted by atomic mass is 19.1. The molecule has 1 amide bonds. The Morgan fingerprint density at radius 2 is 1.68 bits per heavy atom. The molecule has 2 aromatic rings. The topological polar surface area (TPSA) is 81.9 Å². The highest BCUT2D eigenvalue weighted by molar-refractivity contribution is 5.97. The number of rotatable bonds is 4. The van der Waals surface area contributed by atoms with Crippen LogP contribution in [-0.4, -0.2) is 45.9 Å². The molecule has 1 aromatic heterocycles. The summed E-state index contributed by atoms with van der Waals surface area (Å²) >= 11 is 0. The van der Waals surface area contributed by atoms with Crippen LogP contribution in [0.1, 0.15) is 81.3 Å². The first-order valence-corrected chi connectivity index (χ1v) is 11.8. The molecule has 3 heterocycles. The summed E-state index contributed by atoms with van der Waals surface area (Å²) in [5, 5.41) is 3.87. The number of benzene rings is 1. The van der Waals surface area contributed by atoms with E-state index in [1.165, 1.54) is 6.07 Å². The quantitative estimate of drug-likeness (QED) is 0.538. The second-order valence-corrected chi connectivity index (χ2v) is 10.4. The minimum atomic E-state index is -0.826. The maximum absolute atomic E-state index is 14.5. The Morgan fingerprint density at radius 1 is 1.06 bits per heavy atom. The predicted molar refractivity (Wildman–Crippen MR) is 117 cm³/mol. The molecule has 34 heavy (non-hydrogen) atoms. The van der Waals surface area contributed by atoms with Crippen LogP contribution in [0.4, 0.5) is 13.6 Å². The van der Waals surface area contributed by atoms with Gasteiger partial charge < -0.3 is 18.9 Å². The fourth-order valence-corrected chi connectivity index (χ4v) is 5.07. The molecule has 5 rings (SSSR count). The van der Waals surface area contributed by atoms with E-state index in [4.69, 9.17) is 14.0 Å². The lowest BCUT2D eigenvalue weighted by Gasteiger charge is -2.39. The number of ether oxygens (including phenoxy) is 2. The monoisotopic (exact) mass is 474 g/mol. The van der Waals surface area contributed by atoms with Gasteiger partial charge in [0.1, 0.15) is 34.6 Å². The number of carbonyl (C=O) groups is 2. The van der Waals surface area contributed by atoms with E-state index in [0.29, 0.717) is 18.6 Å². The number of esters is 1. The Kier molecular flexibility index (Phi) is 5.61. The van der Waals surface area contributed by atoms with E-state index in [2.05, 4.69) is 5.16 Å². The first-order chi connectivity index (χ1) is 16.1. The summed E-state index contributed by atoms with van der Waals surface area (Å²) < 4.78 is 45.8. The molecule has 3 fully saturated rings. The third-order valence-corrected chi connectivity index (χ3v) is 6.64. The number of carbonyl (C=O) groups excluding carboxylic acids is 2. The van der Waals surface area contributed by atoms with Crippen LogP contribution >= 0.6 is 0 Å². The third kappa shape index (κ3) is 4.28. The minimum Gasteiger partial charge on any atom is -0.458 e. The number of fused-ring (bicyclic) bond motifs is 2. The lowest BCUT2D eigenvalue weighted by Crippen LogP contribution is -2.50. The molecule has 2 saturated heterocycles. The van der Waals surface area contributed by atoms with Crippen LogP contribution in [0.15, 0.2) is 22.7 Å². The van der Waals surface area contributed by atoms with E-state index in [1.807, 2.05) is 20.8 Å². The van der Waals surface area contributed by atoms with Crippen molar-refractivity contribution in [3.05, 3.63) is 41.2 Å². The second kappa shape index (κ2) is 8.36. The molecule has 1 aliphatic carbocycles. The van der Waals surface area contributed by atoms with E-state index in [-0.39, 0.29) is 35.4 Å². The molecule has 0 radical (unpaired) electrons. The Morgan fingerprint density at radius 3 is 2.24 bits per heavy atom. The first kappa shape index (κ1) is 22.8. The molecule has 2 aliphatic heterocycles. The summed E-state index contributed by atoms with van der Waals surface area (Å²) in [6.07, 6.45) is 3.43. The molecule has 0 spiro atoms. The van der Waals surface area contributed by atoms with Gasteiger partial charge in [-0.2, -0.15) is 0 Å². The highest BCUT2D eigenvalue weighted by Gasteiger charge is 2.47. The van der Waals surface area contributed by atoms with Crippen LogP contribution in [0.5, 0.6) is 0 Å². The zero-order valence-corrected chi connectivity index (χ0v) is 19.5. The van der Waals surface area contributed by atoms with Gasteiger partial charge in [0.05, 0.1) is 5.56 Å². The van der Waals surface area contributed by atoms with Gasteiger partial charge in [-0.3, -0.25) is 0 Å². The van der Waals surface area contributed by atoms with Gasteiger partial charge in [0.2, 0.25) is 0 Å².